The van der Waals surface area contributed by atoms with Crippen LogP contribution in [0.1, 0.15) is 13.3 Å². The molecule has 0 aliphatic carbocycles. The molecule has 0 bridgehead atoms. The Morgan fingerprint density at radius 1 is 0.917 bits per heavy atom. The minimum Gasteiger partial charge on any atom is -0.358 e. The molecule has 0 fully saturated rings. The van der Waals surface area contributed by atoms with Crippen molar-refractivity contribution in [3.05, 3.63) is 91.5 Å². The van der Waals surface area contributed by atoms with E-state index in [4.69, 9.17) is 0 Å². The Morgan fingerprint density at radius 2 is 1.75 bits per heavy atom. The van der Waals surface area contributed by atoms with Crippen molar-refractivity contribution in [2.45, 2.75) is 13.3 Å². The Bertz CT molecular complexity index is 1730. The van der Waals surface area contributed by atoms with Gasteiger partial charge in [0.05, 0.1) is 46.7 Å². The van der Waals surface area contributed by atoms with Crippen LogP contribution in [0.3, 0.4) is 0 Å². The number of fused-ring (bicyclic) bond motifs is 2. The Balaban J connectivity index is 1.42. The van der Waals surface area contributed by atoms with Gasteiger partial charge >= 0.3 is 0 Å². The summed E-state index contributed by atoms with van der Waals surface area (Å²) in [6.45, 7) is 6.05. The first-order valence-corrected chi connectivity index (χ1v) is 11.6. The smallest absolute Gasteiger partial charge is 0.123 e. The van der Waals surface area contributed by atoms with Crippen molar-refractivity contribution >= 4 is 27.5 Å². The summed E-state index contributed by atoms with van der Waals surface area (Å²) in [7, 11) is 0. The van der Waals surface area contributed by atoms with Gasteiger partial charge in [-0.2, -0.15) is 5.10 Å². The zero-order chi connectivity index (χ0) is 24.6. The van der Waals surface area contributed by atoms with Gasteiger partial charge in [0.1, 0.15) is 11.5 Å². The molecule has 0 amide bonds. The van der Waals surface area contributed by atoms with Crippen LogP contribution in [-0.2, 0) is 0 Å². The fourth-order valence-corrected chi connectivity index (χ4v) is 4.26. The highest BCUT2D eigenvalue weighted by atomic mass is 19.1. The second kappa shape index (κ2) is 8.74. The van der Waals surface area contributed by atoms with Gasteiger partial charge in [0, 0.05) is 40.0 Å². The lowest BCUT2D eigenvalue weighted by Gasteiger charge is -2.08. The molecule has 36 heavy (non-hydrogen) atoms. The molecule has 6 rings (SSSR count). The molecule has 5 aromatic heterocycles. The van der Waals surface area contributed by atoms with E-state index in [1.54, 1.807) is 43.1 Å². The van der Waals surface area contributed by atoms with Gasteiger partial charge in [-0.1, -0.05) is 25.6 Å². The van der Waals surface area contributed by atoms with Crippen molar-refractivity contribution in [3.8, 4) is 33.8 Å². The van der Waals surface area contributed by atoms with Crippen LogP contribution in [0, 0.1) is 5.82 Å². The van der Waals surface area contributed by atoms with E-state index in [1.165, 1.54) is 12.1 Å². The van der Waals surface area contributed by atoms with Crippen LogP contribution in [0.25, 0.3) is 55.6 Å². The van der Waals surface area contributed by atoms with Gasteiger partial charge in [0.25, 0.3) is 0 Å². The first kappa shape index (κ1) is 21.7. The summed E-state index contributed by atoms with van der Waals surface area (Å²) < 4.78 is 13.5. The molecule has 176 valence electrons. The summed E-state index contributed by atoms with van der Waals surface area (Å²) in [5.41, 5.74) is 8.58. The molecule has 0 radical (unpaired) electrons. The molecule has 5 heterocycles. The number of pyridine rings is 3. The predicted molar refractivity (Wildman–Crippen MR) is 141 cm³/mol. The van der Waals surface area contributed by atoms with Crippen molar-refractivity contribution < 1.29 is 4.39 Å². The maximum absolute atomic E-state index is 13.5. The second-order valence-corrected chi connectivity index (χ2v) is 8.57. The third-order valence-corrected chi connectivity index (χ3v) is 6.19. The lowest BCUT2D eigenvalue weighted by atomic mass is 10.0. The minimum absolute atomic E-state index is 0.270. The summed E-state index contributed by atoms with van der Waals surface area (Å²) >= 11 is 0. The van der Waals surface area contributed by atoms with E-state index in [0.717, 1.165) is 73.4 Å². The zero-order valence-electron chi connectivity index (χ0n) is 19.5. The van der Waals surface area contributed by atoms with E-state index in [2.05, 4.69) is 42.0 Å². The predicted octanol–water partition coefficient (Wildman–Crippen LogP) is 6.70. The Kier molecular flexibility index (Phi) is 5.26. The van der Waals surface area contributed by atoms with E-state index in [1.807, 2.05) is 25.1 Å². The molecule has 6 aromatic rings. The highest BCUT2D eigenvalue weighted by molar-refractivity contribution is 6.01. The van der Waals surface area contributed by atoms with Gasteiger partial charge in [-0.15, -0.1) is 0 Å². The summed E-state index contributed by atoms with van der Waals surface area (Å²) in [5, 5.41) is 12.8. The number of halogens is 1. The summed E-state index contributed by atoms with van der Waals surface area (Å²) in [6.07, 6.45) is 9.73. The van der Waals surface area contributed by atoms with E-state index >= 15 is 0 Å². The number of aromatic nitrogens is 6. The van der Waals surface area contributed by atoms with Gasteiger partial charge in [-0.3, -0.25) is 20.1 Å². The Labute approximate surface area is 206 Å². The first-order chi connectivity index (χ1) is 17.6. The van der Waals surface area contributed by atoms with Crippen LogP contribution < -0.4 is 5.32 Å². The van der Waals surface area contributed by atoms with E-state index in [-0.39, 0.29) is 5.82 Å². The third kappa shape index (κ3) is 3.88. The van der Waals surface area contributed by atoms with Crippen LogP contribution in [0.2, 0.25) is 0 Å². The maximum Gasteiger partial charge on any atom is 0.123 e. The molecular weight excluding hydrogens is 453 g/mol. The van der Waals surface area contributed by atoms with Crippen molar-refractivity contribution in [1.29, 1.82) is 0 Å². The molecule has 0 aliphatic rings. The fraction of sp³-hybridized carbons (Fsp3) is 0.0714. The number of hydrogen-bond donors (Lipinski definition) is 3. The van der Waals surface area contributed by atoms with Crippen molar-refractivity contribution in [2.75, 3.05) is 5.32 Å². The molecule has 0 unspecified atom stereocenters. The number of nitrogens with zero attached hydrogens (tertiary/aromatic N) is 4. The minimum atomic E-state index is -0.270. The normalized spacial score (nSPS) is 11.3. The number of benzene rings is 1. The van der Waals surface area contributed by atoms with Gasteiger partial charge in [0.2, 0.25) is 0 Å². The second-order valence-electron chi connectivity index (χ2n) is 8.57. The Hall–Kier alpha value is -4.85. The Morgan fingerprint density at radius 3 is 2.58 bits per heavy atom. The molecule has 0 spiro atoms. The molecule has 8 heteroatoms. The number of hydrogen-bond acceptors (Lipinski definition) is 5. The summed E-state index contributed by atoms with van der Waals surface area (Å²) in [6, 6.07) is 12.5. The van der Waals surface area contributed by atoms with Gasteiger partial charge in [-0.25, -0.2) is 4.39 Å². The summed E-state index contributed by atoms with van der Waals surface area (Å²) in [5.74, 6) is -0.270. The molecule has 7 nitrogen and oxygen atoms in total. The van der Waals surface area contributed by atoms with Crippen molar-refractivity contribution in [2.24, 2.45) is 0 Å². The molecule has 0 saturated heterocycles. The SMILES string of the molecule is C=C(CC)Nc1cncc(-c2cc3c(-c4cc5c(-c6ccc(F)cc6)cncc5[nH]4)n[nH]c3cn2)c1. The molecule has 0 saturated carbocycles. The summed E-state index contributed by atoms with van der Waals surface area (Å²) in [4.78, 5) is 16.8. The molecular formula is C28H22FN7. The van der Waals surface area contributed by atoms with Gasteiger partial charge in [-0.05, 0) is 42.3 Å². The number of anilines is 1. The first-order valence-electron chi connectivity index (χ1n) is 11.6. The van der Waals surface area contributed by atoms with E-state index in [9.17, 15) is 4.39 Å². The number of nitrogens with one attached hydrogen (secondary N) is 3. The van der Waals surface area contributed by atoms with Crippen molar-refractivity contribution in [3.63, 3.8) is 0 Å². The van der Waals surface area contributed by atoms with Crippen molar-refractivity contribution in [1.82, 2.24) is 30.1 Å². The molecule has 0 aliphatic heterocycles. The molecule has 3 N–H and O–H groups in total. The average molecular weight is 476 g/mol. The lowest BCUT2D eigenvalue weighted by Crippen LogP contribution is -1.97. The van der Waals surface area contributed by atoms with Crippen LogP contribution in [0.5, 0.6) is 0 Å². The largest absolute Gasteiger partial charge is 0.358 e. The standard InChI is InChI=1S/C28H22FN7/c1-3-16(2)33-20-8-18(11-30-12-20)24-10-22-27(15-32-24)35-36-28(22)25-9-21-23(13-31-14-26(21)34-25)17-4-6-19(29)7-5-17/h4-15,33-34H,2-3H2,1H3,(H,35,36). The lowest BCUT2D eigenvalue weighted by molar-refractivity contribution is 0.628. The topological polar surface area (TPSA) is 95.2 Å². The zero-order valence-corrected chi connectivity index (χ0v) is 19.5. The number of rotatable bonds is 6. The highest BCUT2D eigenvalue weighted by Gasteiger charge is 2.15. The quantitative estimate of drug-likeness (QED) is 0.249. The number of H-pyrrole nitrogens is 2. The van der Waals surface area contributed by atoms with E-state index in [0.29, 0.717) is 0 Å². The van der Waals surface area contributed by atoms with Gasteiger partial charge < -0.3 is 10.3 Å². The number of aromatic amines is 2. The third-order valence-electron chi connectivity index (χ3n) is 6.19. The number of allylic oxidation sites excluding steroid dienone is 1. The van der Waals surface area contributed by atoms with Crippen LogP contribution in [-0.4, -0.2) is 30.1 Å². The van der Waals surface area contributed by atoms with E-state index < -0.39 is 0 Å². The van der Waals surface area contributed by atoms with Gasteiger partial charge in [0.15, 0.2) is 0 Å². The highest BCUT2D eigenvalue weighted by Crippen LogP contribution is 2.34. The molecule has 1 aromatic carbocycles. The average Bonchev–Trinajstić information content (AvgIpc) is 3.53. The van der Waals surface area contributed by atoms with Crippen LogP contribution in [0.4, 0.5) is 10.1 Å². The maximum atomic E-state index is 13.5. The van der Waals surface area contributed by atoms with Crippen LogP contribution >= 0.6 is 0 Å². The fourth-order valence-electron chi connectivity index (χ4n) is 4.26. The monoisotopic (exact) mass is 475 g/mol. The molecule has 0 atom stereocenters. The van der Waals surface area contributed by atoms with Crippen LogP contribution in [0.15, 0.2) is 85.7 Å².